The van der Waals surface area contributed by atoms with E-state index in [0.717, 1.165) is 16.8 Å². The summed E-state index contributed by atoms with van der Waals surface area (Å²) < 4.78 is 6.41. The summed E-state index contributed by atoms with van der Waals surface area (Å²) in [5, 5.41) is 6.37. The second-order valence-corrected chi connectivity index (χ2v) is 9.34. The van der Waals surface area contributed by atoms with E-state index < -0.39 is 5.60 Å². The van der Waals surface area contributed by atoms with E-state index in [9.17, 15) is 4.79 Å². The Hall–Kier alpha value is -0.590. The number of rotatable bonds is 7. The van der Waals surface area contributed by atoms with Crippen LogP contribution < -0.4 is 10.6 Å². The van der Waals surface area contributed by atoms with Gasteiger partial charge in [-0.15, -0.1) is 11.3 Å². The van der Waals surface area contributed by atoms with Crippen LogP contribution in [0.5, 0.6) is 0 Å². The van der Waals surface area contributed by atoms with Gasteiger partial charge < -0.3 is 15.4 Å². The summed E-state index contributed by atoms with van der Waals surface area (Å²) >= 11 is 5.20. The van der Waals surface area contributed by atoms with Gasteiger partial charge in [0.25, 0.3) is 0 Å². The number of hydrogen-bond donors (Lipinski definition) is 2. The van der Waals surface area contributed by atoms with Crippen molar-refractivity contribution in [1.82, 2.24) is 10.6 Å². The summed E-state index contributed by atoms with van der Waals surface area (Å²) in [6, 6.07) is 4.39. The fraction of sp³-hybridized carbons (Fsp3) is 0.688. The highest BCUT2D eigenvalue weighted by molar-refractivity contribution is 9.11. The molecule has 0 aliphatic heterocycles. The maximum absolute atomic E-state index is 11.8. The zero-order valence-corrected chi connectivity index (χ0v) is 16.4. The zero-order valence-electron chi connectivity index (χ0n) is 14.0. The Labute approximate surface area is 146 Å². The molecule has 0 aliphatic rings. The SMILES string of the molecule is CC(C)CC(CNC(=O)OC(C)(C)C)NCc1ccc(Br)s1. The van der Waals surface area contributed by atoms with Crippen molar-refractivity contribution in [2.24, 2.45) is 5.92 Å². The van der Waals surface area contributed by atoms with Crippen LogP contribution in [0.4, 0.5) is 4.79 Å². The van der Waals surface area contributed by atoms with Crippen LogP contribution in [0.15, 0.2) is 15.9 Å². The molecule has 1 aromatic rings. The molecule has 0 radical (unpaired) electrons. The van der Waals surface area contributed by atoms with Crippen LogP contribution >= 0.6 is 27.3 Å². The minimum absolute atomic E-state index is 0.230. The third-order valence-electron chi connectivity index (χ3n) is 2.84. The molecule has 0 aromatic carbocycles. The van der Waals surface area contributed by atoms with Gasteiger partial charge in [-0.2, -0.15) is 0 Å². The van der Waals surface area contributed by atoms with Crippen LogP contribution in [-0.2, 0) is 11.3 Å². The molecular weight excluding hydrogens is 364 g/mol. The van der Waals surface area contributed by atoms with Crippen molar-refractivity contribution < 1.29 is 9.53 Å². The highest BCUT2D eigenvalue weighted by atomic mass is 79.9. The number of thiophene rings is 1. The van der Waals surface area contributed by atoms with E-state index in [1.165, 1.54) is 4.88 Å². The van der Waals surface area contributed by atoms with Crippen molar-refractivity contribution in [1.29, 1.82) is 0 Å². The molecule has 0 aliphatic carbocycles. The molecule has 22 heavy (non-hydrogen) atoms. The Bertz CT molecular complexity index is 469. The Morgan fingerprint density at radius 3 is 2.55 bits per heavy atom. The second-order valence-electron chi connectivity index (χ2n) is 6.80. The van der Waals surface area contributed by atoms with Gasteiger partial charge in [0.15, 0.2) is 0 Å². The first-order chi connectivity index (χ1) is 10.2. The average Bonchev–Trinajstić information content (AvgIpc) is 2.76. The van der Waals surface area contributed by atoms with Crippen LogP contribution in [0, 0.1) is 5.92 Å². The van der Waals surface area contributed by atoms with Gasteiger partial charge in [-0.3, -0.25) is 0 Å². The van der Waals surface area contributed by atoms with E-state index in [-0.39, 0.29) is 12.1 Å². The molecule has 2 N–H and O–H groups in total. The number of carbonyl (C=O) groups excluding carboxylic acids is 1. The van der Waals surface area contributed by atoms with E-state index in [2.05, 4.69) is 52.5 Å². The molecule has 0 saturated heterocycles. The van der Waals surface area contributed by atoms with Crippen LogP contribution in [0.2, 0.25) is 0 Å². The molecule has 1 rings (SSSR count). The summed E-state index contributed by atoms with van der Waals surface area (Å²) in [5.41, 5.74) is -0.464. The van der Waals surface area contributed by atoms with Gasteiger partial charge in [-0.05, 0) is 61.2 Å². The molecular formula is C16H27BrN2O2S. The standard InChI is InChI=1S/C16H27BrN2O2S/c1-11(2)8-12(9-19-15(20)21-16(3,4)5)18-10-13-6-7-14(17)22-13/h6-7,11-12,18H,8-10H2,1-5H3,(H,19,20). The van der Waals surface area contributed by atoms with Gasteiger partial charge in [-0.1, -0.05) is 13.8 Å². The Balaban J connectivity index is 2.44. The first kappa shape index (κ1) is 19.5. The molecule has 0 fully saturated rings. The van der Waals surface area contributed by atoms with Gasteiger partial charge >= 0.3 is 6.09 Å². The molecule has 1 atom stereocenters. The van der Waals surface area contributed by atoms with Gasteiger partial charge in [0.2, 0.25) is 0 Å². The lowest BCUT2D eigenvalue weighted by Crippen LogP contribution is -2.43. The minimum atomic E-state index is -0.464. The largest absolute Gasteiger partial charge is 0.444 e. The number of alkyl carbamates (subject to hydrolysis) is 1. The van der Waals surface area contributed by atoms with Gasteiger partial charge in [0.1, 0.15) is 5.60 Å². The predicted molar refractivity (Wildman–Crippen MR) is 96.3 cm³/mol. The summed E-state index contributed by atoms with van der Waals surface area (Å²) in [4.78, 5) is 13.0. The van der Waals surface area contributed by atoms with Crippen LogP contribution in [-0.4, -0.2) is 24.3 Å². The van der Waals surface area contributed by atoms with E-state index in [4.69, 9.17) is 4.74 Å². The molecule has 0 bridgehead atoms. The van der Waals surface area contributed by atoms with Gasteiger partial charge in [-0.25, -0.2) is 4.79 Å². The molecule has 126 valence electrons. The van der Waals surface area contributed by atoms with E-state index in [0.29, 0.717) is 12.5 Å². The van der Waals surface area contributed by atoms with Crippen molar-refractivity contribution >= 4 is 33.4 Å². The van der Waals surface area contributed by atoms with Crippen LogP contribution in [0.3, 0.4) is 0 Å². The summed E-state index contributed by atoms with van der Waals surface area (Å²) in [5.74, 6) is 0.563. The average molecular weight is 391 g/mol. The van der Waals surface area contributed by atoms with Crippen LogP contribution in [0.1, 0.15) is 45.9 Å². The molecule has 6 heteroatoms. The predicted octanol–water partition coefficient (Wildman–Crippen LogP) is 4.54. The quantitative estimate of drug-likeness (QED) is 0.718. The summed E-state index contributed by atoms with van der Waals surface area (Å²) in [6.45, 7) is 11.3. The molecule has 4 nitrogen and oxygen atoms in total. The topological polar surface area (TPSA) is 50.4 Å². The molecule has 1 unspecified atom stereocenters. The lowest BCUT2D eigenvalue weighted by molar-refractivity contribution is 0.0521. The van der Waals surface area contributed by atoms with Crippen molar-refractivity contribution in [3.05, 3.63) is 20.8 Å². The Kier molecular flexibility index (Phi) is 7.86. The summed E-state index contributed by atoms with van der Waals surface area (Å²) in [7, 11) is 0. The third-order valence-corrected chi connectivity index (χ3v) is 4.47. The van der Waals surface area contributed by atoms with Crippen LogP contribution in [0.25, 0.3) is 0 Å². The number of hydrogen-bond acceptors (Lipinski definition) is 4. The summed E-state index contributed by atoms with van der Waals surface area (Å²) in [6.07, 6.45) is 0.643. The van der Waals surface area contributed by atoms with Crippen molar-refractivity contribution in [3.8, 4) is 0 Å². The maximum Gasteiger partial charge on any atom is 0.407 e. The van der Waals surface area contributed by atoms with E-state index in [1.807, 2.05) is 20.8 Å². The van der Waals surface area contributed by atoms with Gasteiger partial charge in [0.05, 0.1) is 3.79 Å². The maximum atomic E-state index is 11.8. The first-order valence-electron chi connectivity index (χ1n) is 7.60. The highest BCUT2D eigenvalue weighted by Gasteiger charge is 2.18. The Morgan fingerprint density at radius 1 is 1.36 bits per heavy atom. The lowest BCUT2D eigenvalue weighted by Gasteiger charge is -2.23. The fourth-order valence-electron chi connectivity index (χ4n) is 2.02. The van der Waals surface area contributed by atoms with Gasteiger partial charge in [0, 0.05) is 24.0 Å². The molecule has 1 aromatic heterocycles. The van der Waals surface area contributed by atoms with Crippen molar-refractivity contribution in [2.75, 3.05) is 6.54 Å². The lowest BCUT2D eigenvalue weighted by atomic mass is 10.0. The number of ether oxygens (including phenoxy) is 1. The molecule has 0 spiro atoms. The fourth-order valence-corrected chi connectivity index (χ4v) is 3.45. The van der Waals surface area contributed by atoms with E-state index in [1.54, 1.807) is 11.3 Å². The van der Waals surface area contributed by atoms with E-state index >= 15 is 0 Å². The molecule has 0 saturated carbocycles. The smallest absolute Gasteiger partial charge is 0.407 e. The second kappa shape index (κ2) is 8.89. The van der Waals surface area contributed by atoms with Crippen molar-refractivity contribution in [2.45, 2.75) is 59.2 Å². The minimum Gasteiger partial charge on any atom is -0.444 e. The zero-order chi connectivity index (χ0) is 16.8. The number of halogens is 1. The normalized spacial score (nSPS) is 13.2. The third kappa shape index (κ3) is 8.76. The number of carbonyl (C=O) groups is 1. The highest BCUT2D eigenvalue weighted by Crippen LogP contribution is 2.22. The monoisotopic (exact) mass is 390 g/mol. The number of nitrogens with one attached hydrogen (secondary N) is 2. The molecule has 1 amide bonds. The Morgan fingerprint density at radius 2 is 2.05 bits per heavy atom. The van der Waals surface area contributed by atoms with Crippen molar-refractivity contribution in [3.63, 3.8) is 0 Å². The number of amides is 1. The molecule has 1 heterocycles. The first-order valence-corrected chi connectivity index (χ1v) is 9.21.